The Morgan fingerprint density at radius 1 is 1.29 bits per heavy atom. The van der Waals surface area contributed by atoms with Crippen molar-refractivity contribution in [3.63, 3.8) is 0 Å². The van der Waals surface area contributed by atoms with Crippen molar-refractivity contribution < 1.29 is 28.8 Å². The highest BCUT2D eigenvalue weighted by Crippen LogP contribution is 2.52. The number of fused-ring (bicyclic) bond motifs is 5. The van der Waals surface area contributed by atoms with Crippen LogP contribution in [0.2, 0.25) is 0 Å². The highest BCUT2D eigenvalue weighted by molar-refractivity contribution is 6.07. The number of nitro groups is 1. The number of carbonyl (C=O) groups is 3. The first-order valence-corrected chi connectivity index (χ1v) is 10.0. The van der Waals surface area contributed by atoms with Gasteiger partial charge in [-0.05, 0) is 38.2 Å². The van der Waals surface area contributed by atoms with Crippen molar-refractivity contribution in [3.05, 3.63) is 46.0 Å². The summed E-state index contributed by atoms with van der Waals surface area (Å²) in [4.78, 5) is 48.3. The van der Waals surface area contributed by atoms with Crippen LogP contribution in [0.15, 0.2) is 35.5 Å². The first-order chi connectivity index (χ1) is 14.8. The number of amides is 2. The summed E-state index contributed by atoms with van der Waals surface area (Å²) in [7, 11) is 0. The molecule has 1 heterocycles. The van der Waals surface area contributed by atoms with E-state index in [0.29, 0.717) is 0 Å². The van der Waals surface area contributed by atoms with Crippen LogP contribution < -0.4 is 4.74 Å². The molecule has 1 aromatic carbocycles. The van der Waals surface area contributed by atoms with Gasteiger partial charge in [-0.15, -0.1) is 0 Å². The van der Waals surface area contributed by atoms with Crippen LogP contribution in [0.3, 0.4) is 0 Å². The molecule has 3 aliphatic rings. The highest BCUT2D eigenvalue weighted by atomic mass is 16.6. The molecule has 31 heavy (non-hydrogen) atoms. The van der Waals surface area contributed by atoms with Crippen LogP contribution in [-0.4, -0.2) is 46.6 Å². The molecule has 10 heteroatoms. The smallest absolute Gasteiger partial charge is 0.347 e. The zero-order chi connectivity index (χ0) is 22.3. The molecule has 1 saturated carbocycles. The average molecular weight is 427 g/mol. The Balaban J connectivity index is 1.61. The van der Waals surface area contributed by atoms with E-state index in [1.807, 2.05) is 12.2 Å². The molecule has 4 rings (SSSR count). The Morgan fingerprint density at radius 2 is 1.94 bits per heavy atom. The summed E-state index contributed by atoms with van der Waals surface area (Å²) >= 11 is 0. The standard InChI is InChI=1S/C21H21N3O7/c1-3-30-21(27)11(2)31-18-14(5-4-6-15(18)24(28)29)10-22-23-19(25)16-12-7-8-13(9-12)17(16)20(23)26/h4-8,10-13,16-17H,3,9H2,1-2H3/t11-,12-,13-,16-,17+/m0/s1. The number of imide groups is 1. The molecule has 0 radical (unpaired) electrons. The maximum absolute atomic E-state index is 12.8. The normalized spacial score (nSPS) is 27.1. The number of hydrogen-bond donors (Lipinski definition) is 0. The number of ether oxygens (including phenoxy) is 2. The van der Waals surface area contributed by atoms with Gasteiger partial charge in [-0.25, -0.2) is 4.79 Å². The second-order valence-electron chi connectivity index (χ2n) is 7.70. The van der Waals surface area contributed by atoms with E-state index >= 15 is 0 Å². The van der Waals surface area contributed by atoms with Gasteiger partial charge < -0.3 is 9.47 Å². The molecule has 5 atom stereocenters. The molecule has 0 aromatic heterocycles. The van der Waals surface area contributed by atoms with Crippen LogP contribution in [0.1, 0.15) is 25.8 Å². The minimum Gasteiger partial charge on any atom is -0.471 e. The van der Waals surface area contributed by atoms with Gasteiger partial charge >= 0.3 is 11.7 Å². The lowest BCUT2D eigenvalue weighted by molar-refractivity contribution is -0.386. The summed E-state index contributed by atoms with van der Waals surface area (Å²) in [6.45, 7) is 3.18. The fourth-order valence-electron chi connectivity index (χ4n) is 4.52. The van der Waals surface area contributed by atoms with Crippen molar-refractivity contribution in [3.8, 4) is 5.75 Å². The molecule has 2 fully saturated rings. The first kappa shape index (κ1) is 20.7. The third-order valence-electron chi connectivity index (χ3n) is 5.89. The molecule has 1 aromatic rings. The Morgan fingerprint density at radius 3 is 2.52 bits per heavy atom. The van der Waals surface area contributed by atoms with E-state index in [1.54, 1.807) is 6.92 Å². The molecule has 0 N–H and O–H groups in total. The summed E-state index contributed by atoms with van der Waals surface area (Å²) in [6.07, 6.45) is 4.83. The van der Waals surface area contributed by atoms with Gasteiger partial charge in [0.25, 0.3) is 11.8 Å². The predicted molar refractivity (Wildman–Crippen MR) is 107 cm³/mol. The summed E-state index contributed by atoms with van der Waals surface area (Å²) in [5, 5.41) is 16.4. The number of hydrazone groups is 1. The zero-order valence-corrected chi connectivity index (χ0v) is 17.0. The Kier molecular flexibility index (Phi) is 5.30. The molecule has 1 saturated heterocycles. The number of nitro benzene ring substituents is 1. The third-order valence-corrected chi connectivity index (χ3v) is 5.89. The summed E-state index contributed by atoms with van der Waals surface area (Å²) < 4.78 is 10.4. The van der Waals surface area contributed by atoms with E-state index in [9.17, 15) is 24.5 Å². The van der Waals surface area contributed by atoms with Crippen LogP contribution in [-0.2, 0) is 19.1 Å². The summed E-state index contributed by atoms with van der Waals surface area (Å²) in [6, 6.07) is 4.14. The molecular formula is C21H21N3O7. The maximum Gasteiger partial charge on any atom is 0.347 e. The average Bonchev–Trinajstić information content (AvgIpc) is 3.41. The molecule has 1 aliphatic heterocycles. The monoisotopic (exact) mass is 427 g/mol. The number of hydrogen-bond acceptors (Lipinski definition) is 8. The largest absolute Gasteiger partial charge is 0.471 e. The van der Waals surface area contributed by atoms with Crippen molar-refractivity contribution in [2.45, 2.75) is 26.4 Å². The first-order valence-electron chi connectivity index (χ1n) is 10.0. The van der Waals surface area contributed by atoms with Crippen LogP contribution in [0, 0.1) is 33.8 Å². The van der Waals surface area contributed by atoms with Crippen molar-refractivity contribution >= 4 is 29.7 Å². The van der Waals surface area contributed by atoms with Gasteiger partial charge in [0, 0.05) is 11.6 Å². The molecule has 2 aliphatic carbocycles. The third kappa shape index (κ3) is 3.47. The molecular weight excluding hydrogens is 406 g/mol. The highest BCUT2D eigenvalue weighted by Gasteiger charge is 2.59. The second kappa shape index (κ2) is 7.93. The minimum atomic E-state index is -1.11. The van der Waals surface area contributed by atoms with Crippen LogP contribution in [0.5, 0.6) is 5.75 Å². The van der Waals surface area contributed by atoms with Crippen molar-refractivity contribution in [2.75, 3.05) is 6.61 Å². The Bertz CT molecular complexity index is 988. The van der Waals surface area contributed by atoms with Gasteiger partial charge in [0.15, 0.2) is 6.10 Å². The van der Waals surface area contributed by atoms with Gasteiger partial charge in [-0.2, -0.15) is 10.1 Å². The van der Waals surface area contributed by atoms with Gasteiger partial charge in [0.2, 0.25) is 5.75 Å². The number of rotatable bonds is 7. The van der Waals surface area contributed by atoms with E-state index < -0.39 is 28.8 Å². The lowest BCUT2D eigenvalue weighted by Gasteiger charge is -2.15. The molecule has 10 nitrogen and oxygen atoms in total. The quantitative estimate of drug-likeness (QED) is 0.163. The van der Waals surface area contributed by atoms with E-state index in [4.69, 9.17) is 9.47 Å². The van der Waals surface area contributed by atoms with Gasteiger partial charge in [0.05, 0.1) is 29.6 Å². The van der Waals surface area contributed by atoms with Crippen LogP contribution >= 0.6 is 0 Å². The molecule has 2 bridgehead atoms. The Labute approximate surface area is 177 Å². The number of allylic oxidation sites excluding steroid dienone is 2. The summed E-state index contributed by atoms with van der Waals surface area (Å²) in [5.74, 6) is -2.30. The zero-order valence-electron chi connectivity index (χ0n) is 17.0. The predicted octanol–water partition coefficient (Wildman–Crippen LogP) is 2.07. The van der Waals surface area contributed by atoms with E-state index in [0.717, 1.165) is 11.4 Å². The van der Waals surface area contributed by atoms with E-state index in [1.165, 1.54) is 31.3 Å². The number of esters is 1. The summed E-state index contributed by atoms with van der Waals surface area (Å²) in [5.41, 5.74) is -0.220. The number of para-hydroxylation sites is 1. The van der Waals surface area contributed by atoms with E-state index in [-0.39, 0.29) is 47.3 Å². The lowest BCUT2D eigenvalue weighted by Crippen LogP contribution is -2.28. The number of carbonyl (C=O) groups excluding carboxylic acids is 3. The van der Waals surface area contributed by atoms with Crippen LogP contribution in [0.25, 0.3) is 0 Å². The van der Waals surface area contributed by atoms with Crippen molar-refractivity contribution in [1.29, 1.82) is 0 Å². The maximum atomic E-state index is 12.8. The molecule has 2 amide bonds. The van der Waals surface area contributed by atoms with E-state index in [2.05, 4.69) is 5.10 Å². The fraction of sp³-hybridized carbons (Fsp3) is 0.429. The van der Waals surface area contributed by atoms with Crippen molar-refractivity contribution in [2.24, 2.45) is 28.8 Å². The molecule has 162 valence electrons. The second-order valence-corrected chi connectivity index (χ2v) is 7.70. The number of nitrogens with zero attached hydrogens (tertiary/aromatic N) is 3. The number of benzene rings is 1. The fourth-order valence-corrected chi connectivity index (χ4v) is 4.52. The van der Waals surface area contributed by atoms with Gasteiger partial charge in [-0.1, -0.05) is 18.2 Å². The topological polar surface area (TPSA) is 128 Å². The van der Waals surface area contributed by atoms with Gasteiger partial charge in [-0.3, -0.25) is 19.7 Å². The molecule has 0 unspecified atom stereocenters. The van der Waals surface area contributed by atoms with Crippen molar-refractivity contribution in [1.82, 2.24) is 5.01 Å². The SMILES string of the molecule is CCOC(=O)[C@H](C)Oc1c(C=NN2C(=O)[C@@H]3[C@H](C2=O)[C@H]2C=C[C@H]3C2)cccc1[N+](=O)[O-]. The Hall–Kier alpha value is -3.56. The van der Waals surface area contributed by atoms with Crippen LogP contribution in [0.4, 0.5) is 5.69 Å². The van der Waals surface area contributed by atoms with Gasteiger partial charge in [0.1, 0.15) is 0 Å². The lowest BCUT2D eigenvalue weighted by atomic mass is 9.85. The molecule has 0 spiro atoms. The minimum absolute atomic E-state index is 0.0498.